The number of urea groups is 1. The van der Waals surface area contributed by atoms with Crippen LogP contribution >= 0.6 is 0 Å². The number of aliphatic hydroxyl groups is 1. The molecule has 0 aliphatic carbocycles. The van der Waals surface area contributed by atoms with Crippen LogP contribution in [0.15, 0.2) is 54.6 Å². The number of benzene rings is 2. The highest BCUT2D eigenvalue weighted by Crippen LogP contribution is 2.20. The second-order valence-corrected chi connectivity index (χ2v) is 9.07. The Balaban J connectivity index is 2.18. The number of hydrogen-bond acceptors (Lipinski definition) is 6. The fraction of sp³-hybridized carbons (Fsp3) is 0.407. The number of carbonyl (C=O) groups is 4. The Labute approximate surface area is 216 Å². The number of aliphatic hydroxyl groups excluding tert-OH is 1. The van der Waals surface area contributed by atoms with Crippen molar-refractivity contribution in [2.24, 2.45) is 5.92 Å². The molecule has 4 N–H and O–H groups in total. The second-order valence-electron chi connectivity index (χ2n) is 9.07. The smallest absolute Gasteiger partial charge is 0.334 e. The first-order valence-corrected chi connectivity index (χ1v) is 12.1. The normalized spacial score (nSPS) is 12.4. The van der Waals surface area contributed by atoms with Crippen molar-refractivity contribution in [1.29, 1.82) is 0 Å². The van der Waals surface area contributed by atoms with Crippen molar-refractivity contribution in [3.8, 4) is 11.1 Å². The van der Waals surface area contributed by atoms with Crippen LogP contribution in [0.5, 0.6) is 0 Å². The van der Waals surface area contributed by atoms with E-state index in [9.17, 15) is 24.3 Å². The van der Waals surface area contributed by atoms with Gasteiger partial charge >= 0.3 is 18.0 Å². The number of ether oxygens (including phenoxy) is 1. The van der Waals surface area contributed by atoms with Gasteiger partial charge in [0, 0.05) is 19.9 Å². The van der Waals surface area contributed by atoms with Crippen LogP contribution in [0.1, 0.15) is 26.3 Å². The van der Waals surface area contributed by atoms with Gasteiger partial charge in [-0.15, -0.1) is 0 Å². The fourth-order valence-electron chi connectivity index (χ4n) is 3.58. The number of amides is 3. The molecule has 0 fully saturated rings. The monoisotopic (exact) mass is 513 g/mol. The third kappa shape index (κ3) is 10.3. The number of hydrogen-bond donors (Lipinski definition) is 4. The van der Waals surface area contributed by atoms with Crippen molar-refractivity contribution in [1.82, 2.24) is 15.5 Å². The van der Waals surface area contributed by atoms with Gasteiger partial charge in [0.05, 0.1) is 13.1 Å². The quantitative estimate of drug-likeness (QED) is 0.237. The van der Waals surface area contributed by atoms with Crippen molar-refractivity contribution in [3.63, 3.8) is 0 Å². The Kier molecular flexibility index (Phi) is 11.6. The molecule has 200 valence electrons. The number of carbonyl (C=O) groups excluding carboxylic acids is 3. The summed E-state index contributed by atoms with van der Waals surface area (Å²) in [5.41, 5.74) is 2.80. The molecule has 1 unspecified atom stereocenters. The number of rotatable bonds is 13. The zero-order valence-electron chi connectivity index (χ0n) is 21.3. The third-order valence-electron chi connectivity index (χ3n) is 5.35. The molecule has 3 amide bonds. The molecule has 0 saturated carbocycles. The zero-order chi connectivity index (χ0) is 27.4. The molecule has 10 nitrogen and oxygen atoms in total. The van der Waals surface area contributed by atoms with E-state index in [4.69, 9.17) is 9.84 Å². The number of nitrogens with zero attached hydrogens (tertiary/aromatic N) is 1. The number of nitrogens with one attached hydrogen (secondary N) is 2. The largest absolute Gasteiger partial charge is 0.479 e. The van der Waals surface area contributed by atoms with Gasteiger partial charge in [-0.05, 0) is 22.6 Å². The summed E-state index contributed by atoms with van der Waals surface area (Å²) in [6, 6.07) is 15.5. The third-order valence-corrected chi connectivity index (χ3v) is 5.35. The van der Waals surface area contributed by atoms with Gasteiger partial charge in [0.1, 0.15) is 12.6 Å². The van der Waals surface area contributed by atoms with Crippen molar-refractivity contribution in [2.45, 2.75) is 39.3 Å². The van der Waals surface area contributed by atoms with E-state index < -0.39 is 36.7 Å². The number of carboxylic acid groups (broad SMARTS) is 1. The Morgan fingerprint density at radius 1 is 0.946 bits per heavy atom. The molecule has 10 heteroatoms. The molecule has 2 rings (SSSR count). The lowest BCUT2D eigenvalue weighted by Crippen LogP contribution is -2.52. The van der Waals surface area contributed by atoms with Crippen molar-refractivity contribution in [2.75, 3.05) is 26.2 Å². The minimum absolute atomic E-state index is 0.0136. The summed E-state index contributed by atoms with van der Waals surface area (Å²) in [5.74, 6) is -2.43. The number of esters is 1. The lowest BCUT2D eigenvalue weighted by atomic mass is 10.0. The molecule has 0 spiro atoms. The van der Waals surface area contributed by atoms with Crippen LogP contribution in [0.3, 0.4) is 0 Å². The summed E-state index contributed by atoms with van der Waals surface area (Å²) in [6.07, 6.45) is -1.64. The Hall–Kier alpha value is -3.92. The van der Waals surface area contributed by atoms with Crippen LogP contribution in [0, 0.1) is 5.92 Å². The van der Waals surface area contributed by atoms with E-state index in [1.165, 1.54) is 11.8 Å². The summed E-state index contributed by atoms with van der Waals surface area (Å²) in [4.78, 5) is 49.3. The molecule has 2 atom stereocenters. The molecule has 0 radical (unpaired) electrons. The van der Waals surface area contributed by atoms with Gasteiger partial charge in [-0.3, -0.25) is 4.79 Å². The Morgan fingerprint density at radius 2 is 1.57 bits per heavy atom. The van der Waals surface area contributed by atoms with E-state index in [0.29, 0.717) is 0 Å². The average Bonchev–Trinajstić information content (AvgIpc) is 2.86. The molecule has 0 aliphatic rings. The number of aliphatic carboxylic acids is 1. The average molecular weight is 514 g/mol. The maximum atomic E-state index is 13.0. The summed E-state index contributed by atoms with van der Waals surface area (Å²) in [6.45, 7) is 4.81. The lowest BCUT2D eigenvalue weighted by molar-refractivity contribution is -0.148. The lowest BCUT2D eigenvalue weighted by Gasteiger charge is -2.28. The maximum absolute atomic E-state index is 13.0. The maximum Gasteiger partial charge on any atom is 0.334 e. The highest BCUT2D eigenvalue weighted by Gasteiger charge is 2.28. The van der Waals surface area contributed by atoms with E-state index in [2.05, 4.69) is 10.6 Å². The van der Waals surface area contributed by atoms with E-state index in [0.717, 1.165) is 16.7 Å². The van der Waals surface area contributed by atoms with Crippen LogP contribution in [0.25, 0.3) is 11.1 Å². The van der Waals surface area contributed by atoms with Gasteiger partial charge in [0.2, 0.25) is 5.91 Å². The molecule has 0 bridgehead atoms. The van der Waals surface area contributed by atoms with Gasteiger partial charge in [-0.1, -0.05) is 68.4 Å². The Morgan fingerprint density at radius 3 is 2.14 bits per heavy atom. The second kappa shape index (κ2) is 14.6. The summed E-state index contributed by atoms with van der Waals surface area (Å²) in [5, 5.41) is 24.0. The van der Waals surface area contributed by atoms with Gasteiger partial charge in [-0.2, -0.15) is 0 Å². The molecular formula is C27H35N3O7. The van der Waals surface area contributed by atoms with Crippen LogP contribution in [0.4, 0.5) is 4.79 Å². The fourth-order valence-corrected chi connectivity index (χ4v) is 3.58. The van der Waals surface area contributed by atoms with Crippen molar-refractivity contribution < 1.29 is 34.1 Å². The standard InChI is InChI=1S/C27H35N3O7/c1-18(2)16-30(17-24(32)25(33)34)27(36)29-23(26(35)37-14-13-28-19(3)31)15-20-9-11-22(12-10-20)21-7-5-4-6-8-21/h4-12,18,23-24,32H,13-17H2,1-3H3,(H,28,31)(H,29,36)(H,33,34)/t23-,24?/m0/s1. The van der Waals surface area contributed by atoms with Gasteiger partial charge in [-0.25, -0.2) is 14.4 Å². The topological polar surface area (TPSA) is 145 Å². The van der Waals surface area contributed by atoms with Crippen LogP contribution in [0.2, 0.25) is 0 Å². The van der Waals surface area contributed by atoms with Crippen LogP contribution in [-0.4, -0.2) is 77.4 Å². The van der Waals surface area contributed by atoms with E-state index >= 15 is 0 Å². The highest BCUT2D eigenvalue weighted by molar-refractivity contribution is 5.84. The SMILES string of the molecule is CC(=O)NCCOC(=O)[C@H](Cc1ccc(-c2ccccc2)cc1)NC(=O)N(CC(C)C)CC(O)C(=O)O. The van der Waals surface area contributed by atoms with E-state index in [1.807, 2.05) is 68.4 Å². The minimum Gasteiger partial charge on any atom is -0.479 e. The molecule has 0 aromatic heterocycles. The Bertz CT molecular complexity index is 1040. The van der Waals surface area contributed by atoms with Gasteiger partial charge in [0.25, 0.3) is 0 Å². The first kappa shape index (κ1) is 29.3. The summed E-state index contributed by atoms with van der Waals surface area (Å²) in [7, 11) is 0. The molecule has 2 aromatic rings. The van der Waals surface area contributed by atoms with Crippen molar-refractivity contribution in [3.05, 3.63) is 60.2 Å². The van der Waals surface area contributed by atoms with E-state index in [1.54, 1.807) is 0 Å². The van der Waals surface area contributed by atoms with Gasteiger partial charge < -0.3 is 30.5 Å². The van der Waals surface area contributed by atoms with Gasteiger partial charge in [0.15, 0.2) is 6.10 Å². The van der Waals surface area contributed by atoms with Crippen LogP contribution in [-0.2, 0) is 25.5 Å². The molecule has 2 aromatic carbocycles. The van der Waals surface area contributed by atoms with Crippen LogP contribution < -0.4 is 10.6 Å². The molecule has 0 saturated heterocycles. The summed E-state index contributed by atoms with van der Waals surface area (Å²) >= 11 is 0. The molecular weight excluding hydrogens is 478 g/mol. The predicted molar refractivity (Wildman–Crippen MR) is 138 cm³/mol. The predicted octanol–water partition coefficient (Wildman–Crippen LogP) is 2.06. The van der Waals surface area contributed by atoms with Crippen molar-refractivity contribution >= 4 is 23.9 Å². The minimum atomic E-state index is -1.77. The zero-order valence-corrected chi connectivity index (χ0v) is 21.3. The number of carboxylic acids is 1. The highest BCUT2D eigenvalue weighted by atomic mass is 16.5. The summed E-state index contributed by atoms with van der Waals surface area (Å²) < 4.78 is 5.27. The first-order chi connectivity index (χ1) is 17.6. The molecule has 37 heavy (non-hydrogen) atoms. The van der Waals surface area contributed by atoms with E-state index in [-0.39, 0.29) is 37.9 Å². The first-order valence-electron chi connectivity index (χ1n) is 12.1. The molecule has 0 aliphatic heterocycles. The molecule has 0 heterocycles.